The molecule has 0 heterocycles. The quantitative estimate of drug-likeness (QED) is 0.898. The van der Waals surface area contributed by atoms with E-state index in [9.17, 15) is 4.79 Å². The Labute approximate surface area is 137 Å². The van der Waals surface area contributed by atoms with Crippen molar-refractivity contribution in [3.05, 3.63) is 34.9 Å². The van der Waals surface area contributed by atoms with Crippen molar-refractivity contribution < 1.29 is 4.79 Å². The topological polar surface area (TPSA) is 46.3 Å². The largest absolute Gasteiger partial charge is 0.335 e. The van der Waals surface area contributed by atoms with Gasteiger partial charge in [0.05, 0.1) is 0 Å². The Morgan fingerprint density at radius 2 is 1.90 bits per heavy atom. The van der Waals surface area contributed by atoms with Gasteiger partial charge in [0.1, 0.15) is 0 Å². The highest BCUT2D eigenvalue weighted by atomic mass is 35.5. The summed E-state index contributed by atoms with van der Waals surface area (Å²) < 4.78 is 0. The summed E-state index contributed by atoms with van der Waals surface area (Å²) in [6, 6.07) is 8.16. The van der Waals surface area contributed by atoms with E-state index in [0.717, 1.165) is 42.7 Å². The molecule has 0 saturated heterocycles. The van der Waals surface area contributed by atoms with Gasteiger partial charge in [-0.15, -0.1) is 12.4 Å². The molecule has 1 aromatic rings. The van der Waals surface area contributed by atoms with Gasteiger partial charge in [-0.1, -0.05) is 23.7 Å². The fourth-order valence-electron chi connectivity index (χ4n) is 2.80. The number of halogens is 2. The average Bonchev–Trinajstić information content (AvgIpc) is 3.20. The number of benzene rings is 1. The molecule has 1 amide bonds. The predicted molar refractivity (Wildman–Crippen MR) is 87.7 cm³/mol. The molecule has 0 unspecified atom stereocenters. The van der Waals surface area contributed by atoms with Gasteiger partial charge in [0.25, 0.3) is 0 Å². The standard InChI is InChI=1S/C16H21ClN2O.ClH/c17-13-4-2-12(3-5-13)11-19(14-6-7-14)15(20)10-16(18)8-1-9-16;/h2-5,14H,1,6-11,18H2;1H. The van der Waals surface area contributed by atoms with Crippen LogP contribution in [0.5, 0.6) is 0 Å². The first-order valence-electron chi connectivity index (χ1n) is 7.39. The molecule has 2 aliphatic carbocycles. The SMILES string of the molecule is Cl.NC1(CC(=O)N(Cc2ccc(Cl)cc2)C2CC2)CCC1. The van der Waals surface area contributed by atoms with E-state index in [2.05, 4.69) is 0 Å². The number of nitrogens with zero attached hydrogens (tertiary/aromatic N) is 1. The monoisotopic (exact) mass is 328 g/mol. The zero-order valence-electron chi connectivity index (χ0n) is 12.1. The maximum absolute atomic E-state index is 12.5. The molecule has 2 fully saturated rings. The van der Waals surface area contributed by atoms with Crippen LogP contribution in [0.1, 0.15) is 44.1 Å². The first-order valence-corrected chi connectivity index (χ1v) is 7.76. The van der Waals surface area contributed by atoms with Gasteiger partial charge in [-0.3, -0.25) is 4.79 Å². The van der Waals surface area contributed by atoms with Crippen LogP contribution in [0.25, 0.3) is 0 Å². The fraction of sp³-hybridized carbons (Fsp3) is 0.562. The number of nitrogens with two attached hydrogens (primary N) is 1. The molecule has 5 heteroatoms. The summed E-state index contributed by atoms with van der Waals surface area (Å²) in [6.45, 7) is 0.677. The Bertz CT molecular complexity index is 496. The van der Waals surface area contributed by atoms with Crippen LogP contribution in [0.3, 0.4) is 0 Å². The van der Waals surface area contributed by atoms with Crippen LogP contribution in [0.4, 0.5) is 0 Å². The molecule has 21 heavy (non-hydrogen) atoms. The lowest BCUT2D eigenvalue weighted by Gasteiger charge is -2.39. The molecular weight excluding hydrogens is 307 g/mol. The molecule has 3 nitrogen and oxygen atoms in total. The minimum atomic E-state index is -0.232. The van der Waals surface area contributed by atoms with Gasteiger partial charge in [-0.2, -0.15) is 0 Å². The third-order valence-electron chi connectivity index (χ3n) is 4.43. The lowest BCUT2D eigenvalue weighted by Crippen LogP contribution is -2.50. The molecule has 0 atom stereocenters. The third kappa shape index (κ3) is 4.12. The van der Waals surface area contributed by atoms with E-state index >= 15 is 0 Å². The Balaban J connectivity index is 0.00000161. The molecule has 0 radical (unpaired) electrons. The van der Waals surface area contributed by atoms with Crippen molar-refractivity contribution in [1.29, 1.82) is 0 Å². The number of amides is 1. The number of hydrogen-bond donors (Lipinski definition) is 1. The van der Waals surface area contributed by atoms with Crippen LogP contribution in [0.2, 0.25) is 5.02 Å². The van der Waals surface area contributed by atoms with Crippen LogP contribution in [-0.2, 0) is 11.3 Å². The first kappa shape index (κ1) is 16.6. The molecule has 2 saturated carbocycles. The van der Waals surface area contributed by atoms with Crippen LogP contribution in [0, 0.1) is 0 Å². The maximum atomic E-state index is 12.5. The van der Waals surface area contributed by atoms with E-state index in [1.807, 2.05) is 29.2 Å². The second kappa shape index (κ2) is 6.55. The van der Waals surface area contributed by atoms with Crippen molar-refractivity contribution in [2.75, 3.05) is 0 Å². The summed E-state index contributed by atoms with van der Waals surface area (Å²) in [6.07, 6.45) is 5.87. The van der Waals surface area contributed by atoms with Gasteiger partial charge in [-0.25, -0.2) is 0 Å². The second-order valence-corrected chi connectivity index (χ2v) is 6.71. The van der Waals surface area contributed by atoms with Crippen LogP contribution in [-0.4, -0.2) is 22.4 Å². The second-order valence-electron chi connectivity index (χ2n) is 6.27. The highest BCUT2D eigenvalue weighted by Crippen LogP contribution is 2.35. The molecule has 2 aliphatic rings. The predicted octanol–water partition coefficient (Wildman–Crippen LogP) is 3.52. The summed E-state index contributed by atoms with van der Waals surface area (Å²) in [4.78, 5) is 14.5. The van der Waals surface area contributed by atoms with Crippen molar-refractivity contribution in [3.63, 3.8) is 0 Å². The third-order valence-corrected chi connectivity index (χ3v) is 4.68. The highest BCUT2D eigenvalue weighted by Gasteiger charge is 2.39. The lowest BCUT2D eigenvalue weighted by atomic mass is 9.75. The Morgan fingerprint density at radius 1 is 1.29 bits per heavy atom. The Hall–Kier alpha value is -0.770. The zero-order valence-corrected chi connectivity index (χ0v) is 13.6. The van der Waals surface area contributed by atoms with Crippen molar-refractivity contribution >= 4 is 29.9 Å². The van der Waals surface area contributed by atoms with Crippen molar-refractivity contribution in [3.8, 4) is 0 Å². The number of rotatable bonds is 5. The van der Waals surface area contributed by atoms with Crippen LogP contribution >= 0.6 is 24.0 Å². The van der Waals surface area contributed by atoms with E-state index in [1.54, 1.807) is 0 Å². The molecule has 0 bridgehead atoms. The van der Waals surface area contributed by atoms with Gasteiger partial charge in [0.15, 0.2) is 0 Å². The van der Waals surface area contributed by atoms with Crippen LogP contribution in [0.15, 0.2) is 24.3 Å². The van der Waals surface area contributed by atoms with Crippen molar-refractivity contribution in [2.45, 2.75) is 56.7 Å². The summed E-state index contributed by atoms with van der Waals surface area (Å²) in [7, 11) is 0. The Morgan fingerprint density at radius 3 is 2.38 bits per heavy atom. The zero-order chi connectivity index (χ0) is 14.2. The molecule has 0 aromatic heterocycles. The van der Waals surface area contributed by atoms with E-state index in [4.69, 9.17) is 17.3 Å². The first-order chi connectivity index (χ1) is 9.56. The molecule has 116 valence electrons. The van der Waals surface area contributed by atoms with Crippen molar-refractivity contribution in [2.24, 2.45) is 5.73 Å². The molecule has 1 aromatic carbocycles. The average molecular weight is 329 g/mol. The maximum Gasteiger partial charge on any atom is 0.224 e. The van der Waals surface area contributed by atoms with E-state index < -0.39 is 0 Å². The van der Waals surface area contributed by atoms with Crippen LogP contribution < -0.4 is 5.73 Å². The molecule has 0 aliphatic heterocycles. The number of hydrogen-bond acceptors (Lipinski definition) is 2. The molecule has 0 spiro atoms. The summed E-state index contributed by atoms with van der Waals surface area (Å²) in [5, 5.41) is 0.730. The van der Waals surface area contributed by atoms with E-state index in [1.165, 1.54) is 0 Å². The van der Waals surface area contributed by atoms with Crippen molar-refractivity contribution in [1.82, 2.24) is 4.90 Å². The summed E-state index contributed by atoms with van der Waals surface area (Å²) in [5.41, 5.74) is 7.11. The van der Waals surface area contributed by atoms with E-state index in [-0.39, 0.29) is 23.9 Å². The van der Waals surface area contributed by atoms with Gasteiger partial charge in [0.2, 0.25) is 5.91 Å². The number of carbonyl (C=O) groups excluding carboxylic acids is 1. The highest BCUT2D eigenvalue weighted by molar-refractivity contribution is 6.30. The molecule has 3 rings (SSSR count). The smallest absolute Gasteiger partial charge is 0.224 e. The fourth-order valence-corrected chi connectivity index (χ4v) is 2.93. The minimum Gasteiger partial charge on any atom is -0.335 e. The minimum absolute atomic E-state index is 0. The molecular formula is C16H22Cl2N2O. The summed E-state index contributed by atoms with van der Waals surface area (Å²) >= 11 is 5.90. The normalized spacial score (nSPS) is 19.3. The Kier molecular flexibility index (Phi) is 5.18. The van der Waals surface area contributed by atoms with Gasteiger partial charge in [0, 0.05) is 29.6 Å². The van der Waals surface area contributed by atoms with Gasteiger partial charge in [-0.05, 0) is 49.8 Å². The van der Waals surface area contributed by atoms with Gasteiger partial charge < -0.3 is 10.6 Å². The lowest BCUT2D eigenvalue weighted by molar-refractivity contribution is -0.134. The molecule has 2 N–H and O–H groups in total. The van der Waals surface area contributed by atoms with E-state index in [0.29, 0.717) is 19.0 Å². The summed E-state index contributed by atoms with van der Waals surface area (Å²) in [5.74, 6) is 0.213. The van der Waals surface area contributed by atoms with Gasteiger partial charge >= 0.3 is 0 Å². The number of carbonyl (C=O) groups is 1.